The second-order valence-electron chi connectivity index (χ2n) is 8.53. The normalized spacial score (nSPS) is 11.4. The largest absolute Gasteiger partial charge is 0.435 e. The van der Waals surface area contributed by atoms with Crippen LogP contribution in [0, 0.1) is 17.5 Å². The molecule has 0 saturated heterocycles. The first-order chi connectivity index (χ1) is 17.4. The fourth-order valence-corrected chi connectivity index (χ4v) is 4.27. The Bertz CT molecular complexity index is 1310. The van der Waals surface area contributed by atoms with E-state index in [1.165, 1.54) is 36.4 Å². The first-order valence-corrected chi connectivity index (χ1v) is 11.6. The van der Waals surface area contributed by atoms with Crippen molar-refractivity contribution in [1.82, 2.24) is 0 Å². The highest BCUT2D eigenvalue weighted by Gasteiger charge is 2.16. The number of hydrogen-bond acceptors (Lipinski definition) is 2. The zero-order chi connectivity index (χ0) is 25.7. The highest BCUT2D eigenvalue weighted by atomic mass is 19.3. The second-order valence-corrected chi connectivity index (χ2v) is 8.53. The van der Waals surface area contributed by atoms with E-state index in [0.29, 0.717) is 59.8 Å². The van der Waals surface area contributed by atoms with E-state index in [-0.39, 0.29) is 11.3 Å². The smallest absolute Gasteiger partial charge is 0.387 e. The van der Waals surface area contributed by atoms with Crippen molar-refractivity contribution in [3.05, 3.63) is 101 Å². The van der Waals surface area contributed by atoms with E-state index in [1.807, 2.05) is 0 Å². The van der Waals surface area contributed by atoms with Gasteiger partial charge in [0.05, 0.1) is 5.56 Å². The van der Waals surface area contributed by atoms with Crippen molar-refractivity contribution in [2.45, 2.75) is 32.3 Å². The molecule has 0 aliphatic heterocycles. The van der Waals surface area contributed by atoms with Gasteiger partial charge in [0.15, 0.2) is 0 Å². The Morgan fingerprint density at radius 3 is 2.14 bits per heavy atom. The summed E-state index contributed by atoms with van der Waals surface area (Å²) in [4.78, 5) is 0. The van der Waals surface area contributed by atoms with Gasteiger partial charge in [0.2, 0.25) is 0 Å². The summed E-state index contributed by atoms with van der Waals surface area (Å²) in [5.74, 6) is -1.66. The summed E-state index contributed by atoms with van der Waals surface area (Å²) in [6.07, 6.45) is 2.06. The highest BCUT2D eigenvalue weighted by molar-refractivity contribution is 5.88. The van der Waals surface area contributed by atoms with Crippen LogP contribution in [0.2, 0.25) is 0 Å². The van der Waals surface area contributed by atoms with Crippen molar-refractivity contribution in [3.63, 3.8) is 0 Å². The molecule has 0 saturated carbocycles. The molecular weight excluding hydrogens is 475 g/mol. The SMILES string of the molecule is COCCCc1cc(F)c(-c2ccc3c(F)c(CCc4ccc(OC(F)F)cc4)ccc3c2)c(F)c1. The van der Waals surface area contributed by atoms with Crippen molar-refractivity contribution < 1.29 is 31.4 Å². The summed E-state index contributed by atoms with van der Waals surface area (Å²) in [5.41, 5.74) is 2.08. The van der Waals surface area contributed by atoms with Crippen LogP contribution in [-0.2, 0) is 24.0 Å². The van der Waals surface area contributed by atoms with Gasteiger partial charge in [-0.3, -0.25) is 0 Å². The summed E-state index contributed by atoms with van der Waals surface area (Å²) in [6.45, 7) is -2.38. The van der Waals surface area contributed by atoms with Crippen LogP contribution in [0.25, 0.3) is 21.9 Å². The number of ether oxygens (including phenoxy) is 2. The monoisotopic (exact) mass is 500 g/mol. The molecule has 0 heterocycles. The van der Waals surface area contributed by atoms with Gasteiger partial charge in [-0.2, -0.15) is 8.78 Å². The van der Waals surface area contributed by atoms with Crippen LogP contribution in [0.1, 0.15) is 23.1 Å². The highest BCUT2D eigenvalue weighted by Crippen LogP contribution is 2.32. The van der Waals surface area contributed by atoms with Crippen LogP contribution < -0.4 is 4.74 Å². The number of hydrogen-bond donors (Lipinski definition) is 0. The standard InChI is InChI=1S/C29H25F5O2/c1-35-14-2-3-19-15-25(30)27(26(31)16-19)22-10-13-24-21(17-22)9-8-20(28(24)32)7-4-18-5-11-23(12-6-18)36-29(33)34/h5-6,8-13,15-17,29H,2-4,7,14H2,1H3. The van der Waals surface area contributed by atoms with Crippen LogP contribution in [0.4, 0.5) is 22.0 Å². The fourth-order valence-electron chi connectivity index (χ4n) is 4.27. The van der Waals surface area contributed by atoms with Gasteiger partial charge in [-0.05, 0) is 83.7 Å². The molecule has 0 unspecified atom stereocenters. The van der Waals surface area contributed by atoms with Crippen LogP contribution in [0.5, 0.6) is 5.75 Å². The maximum Gasteiger partial charge on any atom is 0.387 e. The number of rotatable bonds is 10. The Morgan fingerprint density at radius 1 is 0.750 bits per heavy atom. The minimum atomic E-state index is -2.89. The molecule has 0 aliphatic rings. The van der Waals surface area contributed by atoms with Crippen LogP contribution in [-0.4, -0.2) is 20.3 Å². The van der Waals surface area contributed by atoms with Crippen molar-refractivity contribution in [2.75, 3.05) is 13.7 Å². The third-order valence-corrected chi connectivity index (χ3v) is 6.07. The molecule has 0 aromatic heterocycles. The first-order valence-electron chi connectivity index (χ1n) is 11.6. The van der Waals surface area contributed by atoms with E-state index in [1.54, 1.807) is 37.4 Å². The number of aryl methyl sites for hydroxylation is 3. The number of fused-ring (bicyclic) bond motifs is 1. The van der Waals surface area contributed by atoms with Gasteiger partial charge >= 0.3 is 6.61 Å². The fraction of sp³-hybridized carbons (Fsp3) is 0.241. The molecule has 0 aliphatic carbocycles. The van der Waals surface area contributed by atoms with Gasteiger partial charge in [-0.1, -0.05) is 36.4 Å². The van der Waals surface area contributed by atoms with E-state index < -0.39 is 24.1 Å². The zero-order valence-corrected chi connectivity index (χ0v) is 19.7. The predicted molar refractivity (Wildman–Crippen MR) is 130 cm³/mol. The Morgan fingerprint density at radius 2 is 1.47 bits per heavy atom. The van der Waals surface area contributed by atoms with Gasteiger partial charge in [-0.15, -0.1) is 0 Å². The lowest BCUT2D eigenvalue weighted by Crippen LogP contribution is -2.02. The van der Waals surface area contributed by atoms with Gasteiger partial charge in [0.25, 0.3) is 0 Å². The molecule has 188 valence electrons. The molecule has 2 nitrogen and oxygen atoms in total. The Hall–Kier alpha value is -3.45. The van der Waals surface area contributed by atoms with E-state index in [9.17, 15) is 17.6 Å². The minimum Gasteiger partial charge on any atom is -0.435 e. The molecule has 0 radical (unpaired) electrons. The van der Waals surface area contributed by atoms with Gasteiger partial charge in [-0.25, -0.2) is 13.2 Å². The van der Waals surface area contributed by atoms with Crippen LogP contribution >= 0.6 is 0 Å². The number of methoxy groups -OCH3 is 1. The summed E-state index contributed by atoms with van der Waals surface area (Å²) in [6, 6.07) is 16.9. The maximum absolute atomic E-state index is 15.2. The van der Waals surface area contributed by atoms with E-state index >= 15 is 4.39 Å². The minimum absolute atomic E-state index is 0.0649. The van der Waals surface area contributed by atoms with Crippen molar-refractivity contribution in [2.24, 2.45) is 0 Å². The van der Waals surface area contributed by atoms with Gasteiger partial charge in [0.1, 0.15) is 23.2 Å². The molecule has 36 heavy (non-hydrogen) atoms. The molecule has 0 atom stereocenters. The Kier molecular flexibility index (Phi) is 8.21. The zero-order valence-electron chi connectivity index (χ0n) is 19.7. The van der Waals surface area contributed by atoms with E-state index in [4.69, 9.17) is 4.74 Å². The quantitative estimate of drug-likeness (QED) is 0.163. The molecule has 4 aromatic rings. The maximum atomic E-state index is 15.2. The number of alkyl halides is 2. The van der Waals surface area contributed by atoms with E-state index in [0.717, 1.165) is 5.56 Å². The first kappa shape index (κ1) is 25.6. The van der Waals surface area contributed by atoms with Crippen molar-refractivity contribution >= 4 is 10.8 Å². The molecular formula is C29H25F5O2. The molecule has 0 spiro atoms. The third-order valence-electron chi connectivity index (χ3n) is 6.07. The molecule has 0 fully saturated rings. The Labute approximate surface area is 206 Å². The molecule has 0 N–H and O–H groups in total. The molecule has 7 heteroatoms. The third kappa shape index (κ3) is 6.02. The van der Waals surface area contributed by atoms with Crippen molar-refractivity contribution in [1.29, 1.82) is 0 Å². The summed E-state index contributed by atoms with van der Waals surface area (Å²) in [5, 5.41) is 0.888. The summed E-state index contributed by atoms with van der Waals surface area (Å²) < 4.78 is 78.7. The van der Waals surface area contributed by atoms with Crippen LogP contribution in [0.15, 0.2) is 66.7 Å². The molecule has 4 rings (SSSR count). The lowest BCUT2D eigenvalue weighted by molar-refractivity contribution is -0.0498. The summed E-state index contributed by atoms with van der Waals surface area (Å²) >= 11 is 0. The van der Waals surface area contributed by atoms with E-state index in [2.05, 4.69) is 4.74 Å². The molecule has 0 amide bonds. The average molecular weight is 501 g/mol. The number of halogens is 5. The van der Waals surface area contributed by atoms with Crippen molar-refractivity contribution in [3.8, 4) is 16.9 Å². The average Bonchev–Trinajstić information content (AvgIpc) is 2.84. The van der Waals surface area contributed by atoms with Gasteiger partial charge in [0, 0.05) is 19.1 Å². The Balaban J connectivity index is 1.52. The molecule has 4 aromatic carbocycles. The van der Waals surface area contributed by atoms with Gasteiger partial charge < -0.3 is 9.47 Å². The lowest BCUT2D eigenvalue weighted by Gasteiger charge is -2.11. The molecule has 0 bridgehead atoms. The second kappa shape index (κ2) is 11.5. The lowest BCUT2D eigenvalue weighted by atomic mass is 9.96. The topological polar surface area (TPSA) is 18.5 Å². The predicted octanol–water partition coefficient (Wildman–Crippen LogP) is 7.89. The van der Waals surface area contributed by atoms with Crippen LogP contribution in [0.3, 0.4) is 0 Å². The number of benzene rings is 4. The summed E-state index contributed by atoms with van der Waals surface area (Å²) in [7, 11) is 1.57.